The topological polar surface area (TPSA) is 9.23 Å². The normalized spacial score (nSPS) is 12.4. The zero-order valence-corrected chi connectivity index (χ0v) is 16.3. The van der Waals surface area contributed by atoms with E-state index in [0.29, 0.717) is 0 Å². The Labute approximate surface area is 137 Å². The van der Waals surface area contributed by atoms with Crippen LogP contribution in [0.5, 0.6) is 0 Å². The van der Waals surface area contributed by atoms with Crippen molar-refractivity contribution in [3.8, 4) is 0 Å². The van der Waals surface area contributed by atoms with Crippen LogP contribution in [0.1, 0.15) is 6.42 Å². The second-order valence-corrected chi connectivity index (χ2v) is 16.0. The lowest BCUT2D eigenvalue weighted by atomic mass is 10.4. The molecule has 0 bridgehead atoms. The fourth-order valence-electron chi connectivity index (χ4n) is 2.87. The standard InChI is InChI=1S/C19H28OSi2/c1-21(2,3)20-16-11-17-22(4,18-12-7-5-8-13-18)19-14-9-6-10-15-19/h5-10,12-15H,11,16-17H2,1-4H3. The Bertz CT molecular complexity index is 521. The molecule has 1 nitrogen and oxygen atoms in total. The SMILES string of the molecule is C[Si](C)(C)OCCC[Si](C)(c1ccccc1)c1ccccc1. The van der Waals surface area contributed by atoms with E-state index in [2.05, 4.69) is 86.9 Å². The van der Waals surface area contributed by atoms with E-state index in [1.807, 2.05) is 0 Å². The van der Waals surface area contributed by atoms with E-state index in [1.54, 1.807) is 0 Å². The van der Waals surface area contributed by atoms with Crippen molar-refractivity contribution in [2.45, 2.75) is 38.7 Å². The molecule has 0 saturated carbocycles. The molecule has 0 aliphatic carbocycles. The van der Waals surface area contributed by atoms with Crippen LogP contribution < -0.4 is 10.4 Å². The zero-order chi connectivity index (χ0) is 16.1. The Balaban J connectivity index is 2.17. The third-order valence-electron chi connectivity index (χ3n) is 4.18. The van der Waals surface area contributed by atoms with Gasteiger partial charge in [0.15, 0.2) is 8.32 Å². The van der Waals surface area contributed by atoms with Gasteiger partial charge in [0.05, 0.1) is 0 Å². The van der Waals surface area contributed by atoms with Crippen LogP contribution in [0.15, 0.2) is 60.7 Å². The Hall–Kier alpha value is -1.17. The van der Waals surface area contributed by atoms with Gasteiger partial charge in [0.1, 0.15) is 8.07 Å². The summed E-state index contributed by atoms with van der Waals surface area (Å²) in [5, 5.41) is 3.04. The van der Waals surface area contributed by atoms with Crippen molar-refractivity contribution in [1.82, 2.24) is 0 Å². The van der Waals surface area contributed by atoms with E-state index in [-0.39, 0.29) is 0 Å². The molecule has 0 aliphatic rings. The van der Waals surface area contributed by atoms with E-state index in [9.17, 15) is 0 Å². The maximum Gasteiger partial charge on any atom is 0.183 e. The maximum atomic E-state index is 6.06. The summed E-state index contributed by atoms with van der Waals surface area (Å²) in [6.45, 7) is 10.2. The summed E-state index contributed by atoms with van der Waals surface area (Å²) in [4.78, 5) is 0. The predicted octanol–water partition coefficient (Wildman–Crippen LogP) is 4.12. The van der Waals surface area contributed by atoms with Crippen LogP contribution >= 0.6 is 0 Å². The van der Waals surface area contributed by atoms with Crippen molar-refractivity contribution in [3.63, 3.8) is 0 Å². The van der Waals surface area contributed by atoms with E-state index in [1.165, 1.54) is 16.4 Å². The summed E-state index contributed by atoms with van der Waals surface area (Å²) < 4.78 is 6.06. The lowest BCUT2D eigenvalue weighted by Crippen LogP contribution is -2.55. The minimum absolute atomic E-state index is 0.901. The van der Waals surface area contributed by atoms with Gasteiger partial charge in [-0.3, -0.25) is 0 Å². The molecule has 0 unspecified atom stereocenters. The third-order valence-corrected chi connectivity index (χ3v) is 9.82. The van der Waals surface area contributed by atoms with Gasteiger partial charge in [0.2, 0.25) is 0 Å². The highest BCUT2D eigenvalue weighted by atomic mass is 28.4. The molecule has 118 valence electrons. The predicted molar refractivity (Wildman–Crippen MR) is 102 cm³/mol. The molecule has 0 amide bonds. The van der Waals surface area contributed by atoms with Crippen LogP contribution in [0.25, 0.3) is 0 Å². The van der Waals surface area contributed by atoms with Crippen LogP contribution in [-0.4, -0.2) is 23.0 Å². The second-order valence-electron chi connectivity index (χ2n) is 7.13. The fourth-order valence-corrected chi connectivity index (χ4v) is 7.25. The largest absolute Gasteiger partial charge is 0.418 e. The Kier molecular flexibility index (Phi) is 5.78. The van der Waals surface area contributed by atoms with E-state index >= 15 is 0 Å². The number of rotatable bonds is 7. The van der Waals surface area contributed by atoms with Crippen molar-refractivity contribution in [2.24, 2.45) is 0 Å². The lowest BCUT2D eigenvalue weighted by molar-refractivity contribution is 0.311. The highest BCUT2D eigenvalue weighted by molar-refractivity contribution is 7.01. The molecule has 0 atom stereocenters. The molecule has 2 rings (SSSR count). The summed E-state index contributed by atoms with van der Waals surface area (Å²) in [5.74, 6) is 0. The summed E-state index contributed by atoms with van der Waals surface area (Å²) in [6, 6.07) is 23.4. The lowest BCUT2D eigenvalue weighted by Gasteiger charge is -2.29. The number of hydrogen-bond donors (Lipinski definition) is 0. The van der Waals surface area contributed by atoms with E-state index < -0.39 is 16.4 Å². The monoisotopic (exact) mass is 328 g/mol. The van der Waals surface area contributed by atoms with E-state index in [4.69, 9.17) is 4.43 Å². The molecule has 0 fully saturated rings. The molecular formula is C19H28OSi2. The summed E-state index contributed by atoms with van der Waals surface area (Å²) in [5.41, 5.74) is 0. The first-order valence-corrected chi connectivity index (χ1v) is 14.3. The molecule has 0 aromatic heterocycles. The summed E-state index contributed by atoms with van der Waals surface area (Å²) in [6.07, 6.45) is 1.15. The van der Waals surface area contributed by atoms with Gasteiger partial charge in [0, 0.05) is 6.61 Å². The number of benzene rings is 2. The van der Waals surface area contributed by atoms with Crippen molar-refractivity contribution >= 4 is 26.8 Å². The first kappa shape index (κ1) is 17.2. The minimum Gasteiger partial charge on any atom is -0.418 e. The van der Waals surface area contributed by atoms with Gasteiger partial charge in [0.25, 0.3) is 0 Å². The molecule has 2 aromatic carbocycles. The minimum atomic E-state index is -1.66. The molecule has 22 heavy (non-hydrogen) atoms. The van der Waals surface area contributed by atoms with Gasteiger partial charge in [-0.15, -0.1) is 0 Å². The van der Waals surface area contributed by atoms with Gasteiger partial charge >= 0.3 is 0 Å². The van der Waals surface area contributed by atoms with E-state index in [0.717, 1.165) is 13.0 Å². The van der Waals surface area contributed by atoms with Gasteiger partial charge < -0.3 is 4.43 Å². The summed E-state index contributed by atoms with van der Waals surface area (Å²) >= 11 is 0. The molecule has 0 spiro atoms. The molecule has 0 radical (unpaired) electrons. The quantitative estimate of drug-likeness (QED) is 0.549. The number of hydrogen-bond acceptors (Lipinski definition) is 1. The molecule has 0 saturated heterocycles. The van der Waals surface area contributed by atoms with Gasteiger partial charge in [-0.2, -0.15) is 0 Å². The van der Waals surface area contributed by atoms with Crippen LogP contribution in [-0.2, 0) is 4.43 Å². The van der Waals surface area contributed by atoms with Gasteiger partial charge in [-0.25, -0.2) is 0 Å². The molecule has 3 heteroatoms. The molecule has 0 aliphatic heterocycles. The molecular weight excluding hydrogens is 300 g/mol. The molecule has 2 aromatic rings. The first-order chi connectivity index (χ1) is 10.4. The third kappa shape index (κ3) is 4.66. The van der Waals surface area contributed by atoms with Crippen molar-refractivity contribution in [2.75, 3.05) is 6.61 Å². The van der Waals surface area contributed by atoms with Crippen LogP contribution in [0.2, 0.25) is 32.2 Å². The van der Waals surface area contributed by atoms with Gasteiger partial charge in [-0.05, 0) is 32.1 Å². The average molecular weight is 329 g/mol. The first-order valence-electron chi connectivity index (χ1n) is 8.17. The average Bonchev–Trinajstić information content (AvgIpc) is 2.52. The Morgan fingerprint density at radius 1 is 0.727 bits per heavy atom. The van der Waals surface area contributed by atoms with Crippen molar-refractivity contribution < 1.29 is 4.43 Å². The van der Waals surface area contributed by atoms with Crippen LogP contribution in [0.4, 0.5) is 0 Å². The highest BCUT2D eigenvalue weighted by Crippen LogP contribution is 2.15. The van der Waals surface area contributed by atoms with Crippen LogP contribution in [0.3, 0.4) is 0 Å². The maximum absolute atomic E-state index is 6.06. The smallest absolute Gasteiger partial charge is 0.183 e. The Morgan fingerprint density at radius 3 is 1.59 bits per heavy atom. The Morgan fingerprint density at radius 2 is 1.18 bits per heavy atom. The van der Waals surface area contributed by atoms with Crippen molar-refractivity contribution in [3.05, 3.63) is 60.7 Å². The molecule has 0 N–H and O–H groups in total. The van der Waals surface area contributed by atoms with Crippen molar-refractivity contribution in [1.29, 1.82) is 0 Å². The van der Waals surface area contributed by atoms with Crippen LogP contribution in [0, 0.1) is 0 Å². The highest BCUT2D eigenvalue weighted by Gasteiger charge is 2.31. The fraction of sp³-hybridized carbons (Fsp3) is 0.368. The van der Waals surface area contributed by atoms with Gasteiger partial charge in [-0.1, -0.05) is 77.6 Å². The zero-order valence-electron chi connectivity index (χ0n) is 14.3. The second kappa shape index (κ2) is 7.40. The summed E-state index contributed by atoms with van der Waals surface area (Å²) in [7, 11) is -3.06. The molecule has 0 heterocycles.